The zero-order valence-corrected chi connectivity index (χ0v) is 14.8. The lowest BCUT2D eigenvalue weighted by Gasteiger charge is -2.20. The standard InChI is InChI=1S/C16H26BrNO3/c1-5-18-12(4)15-8-13(17)6-7-16(15)21-10-14(19)9-20-11(2)3/h6-8,11-12,14,18-19H,5,9-10H2,1-4H3. The van der Waals surface area contributed by atoms with Gasteiger partial charge < -0.3 is 19.9 Å². The predicted molar refractivity (Wildman–Crippen MR) is 88.8 cm³/mol. The molecule has 0 saturated heterocycles. The highest BCUT2D eigenvalue weighted by Gasteiger charge is 2.13. The first-order chi connectivity index (χ1) is 9.93. The summed E-state index contributed by atoms with van der Waals surface area (Å²) in [4.78, 5) is 0. The van der Waals surface area contributed by atoms with E-state index in [1.165, 1.54) is 0 Å². The molecule has 2 atom stereocenters. The Morgan fingerprint density at radius 1 is 1.24 bits per heavy atom. The zero-order valence-electron chi connectivity index (χ0n) is 13.2. The van der Waals surface area contributed by atoms with Gasteiger partial charge in [-0.3, -0.25) is 0 Å². The molecule has 1 aromatic carbocycles. The molecule has 1 rings (SSSR count). The third-order valence-electron chi connectivity index (χ3n) is 3.00. The van der Waals surface area contributed by atoms with Gasteiger partial charge in [0.2, 0.25) is 0 Å². The third kappa shape index (κ3) is 6.78. The van der Waals surface area contributed by atoms with Crippen LogP contribution in [0.4, 0.5) is 0 Å². The average molecular weight is 360 g/mol. The van der Waals surface area contributed by atoms with Crippen molar-refractivity contribution >= 4 is 15.9 Å². The van der Waals surface area contributed by atoms with Gasteiger partial charge in [0, 0.05) is 16.1 Å². The summed E-state index contributed by atoms with van der Waals surface area (Å²) in [6.45, 7) is 9.44. The van der Waals surface area contributed by atoms with Gasteiger partial charge in [-0.05, 0) is 45.5 Å². The van der Waals surface area contributed by atoms with Crippen LogP contribution in [0.25, 0.3) is 0 Å². The Morgan fingerprint density at radius 2 is 1.95 bits per heavy atom. The van der Waals surface area contributed by atoms with Crippen molar-refractivity contribution in [2.45, 2.75) is 45.9 Å². The largest absolute Gasteiger partial charge is 0.490 e. The first kappa shape index (κ1) is 18.4. The zero-order chi connectivity index (χ0) is 15.8. The van der Waals surface area contributed by atoms with Gasteiger partial charge in [-0.1, -0.05) is 22.9 Å². The Morgan fingerprint density at radius 3 is 2.57 bits per heavy atom. The van der Waals surface area contributed by atoms with Gasteiger partial charge >= 0.3 is 0 Å². The molecule has 0 heterocycles. The summed E-state index contributed by atoms with van der Waals surface area (Å²) < 4.78 is 12.2. The van der Waals surface area contributed by atoms with Crippen LogP contribution >= 0.6 is 15.9 Å². The summed E-state index contributed by atoms with van der Waals surface area (Å²) in [5.41, 5.74) is 1.07. The number of halogens is 1. The maximum atomic E-state index is 9.87. The molecular formula is C16H26BrNO3. The number of aliphatic hydroxyl groups is 1. The highest BCUT2D eigenvalue weighted by Crippen LogP contribution is 2.28. The van der Waals surface area contributed by atoms with E-state index in [-0.39, 0.29) is 25.4 Å². The van der Waals surface area contributed by atoms with E-state index < -0.39 is 6.10 Å². The van der Waals surface area contributed by atoms with E-state index in [1.807, 2.05) is 32.0 Å². The van der Waals surface area contributed by atoms with Crippen molar-refractivity contribution < 1.29 is 14.6 Å². The molecule has 0 aliphatic rings. The van der Waals surface area contributed by atoms with E-state index in [9.17, 15) is 5.11 Å². The number of ether oxygens (including phenoxy) is 2. The lowest BCUT2D eigenvalue weighted by atomic mass is 10.1. The summed E-state index contributed by atoms with van der Waals surface area (Å²) in [5, 5.41) is 13.2. The van der Waals surface area contributed by atoms with E-state index in [1.54, 1.807) is 0 Å². The van der Waals surface area contributed by atoms with Gasteiger partial charge in [-0.25, -0.2) is 0 Å². The summed E-state index contributed by atoms with van der Waals surface area (Å²) >= 11 is 3.48. The van der Waals surface area contributed by atoms with Gasteiger partial charge in [-0.2, -0.15) is 0 Å². The van der Waals surface area contributed by atoms with E-state index in [0.717, 1.165) is 22.3 Å². The molecule has 0 radical (unpaired) electrons. The summed E-state index contributed by atoms with van der Waals surface area (Å²) in [5.74, 6) is 0.787. The van der Waals surface area contributed by atoms with E-state index in [0.29, 0.717) is 0 Å². The van der Waals surface area contributed by atoms with Crippen molar-refractivity contribution in [3.63, 3.8) is 0 Å². The van der Waals surface area contributed by atoms with Crippen molar-refractivity contribution in [1.82, 2.24) is 5.32 Å². The molecule has 120 valence electrons. The van der Waals surface area contributed by atoms with Crippen LogP contribution in [0, 0.1) is 0 Å². The van der Waals surface area contributed by atoms with Crippen molar-refractivity contribution in [2.24, 2.45) is 0 Å². The van der Waals surface area contributed by atoms with Crippen LogP contribution < -0.4 is 10.1 Å². The van der Waals surface area contributed by atoms with Crippen molar-refractivity contribution in [2.75, 3.05) is 19.8 Å². The molecule has 4 nitrogen and oxygen atoms in total. The number of hydrogen-bond acceptors (Lipinski definition) is 4. The molecule has 0 amide bonds. The number of hydrogen-bond donors (Lipinski definition) is 2. The Bertz CT molecular complexity index is 426. The highest BCUT2D eigenvalue weighted by atomic mass is 79.9. The van der Waals surface area contributed by atoms with E-state index in [4.69, 9.17) is 9.47 Å². The van der Waals surface area contributed by atoms with E-state index >= 15 is 0 Å². The molecule has 0 aromatic heterocycles. The molecule has 0 fully saturated rings. The van der Waals surface area contributed by atoms with Gasteiger partial charge in [-0.15, -0.1) is 0 Å². The van der Waals surface area contributed by atoms with Crippen LogP contribution in [0.5, 0.6) is 5.75 Å². The normalized spacial score (nSPS) is 14.2. The molecule has 0 saturated carbocycles. The lowest BCUT2D eigenvalue weighted by molar-refractivity contribution is -0.0124. The van der Waals surface area contributed by atoms with Crippen molar-refractivity contribution in [3.8, 4) is 5.75 Å². The van der Waals surface area contributed by atoms with Crippen molar-refractivity contribution in [3.05, 3.63) is 28.2 Å². The number of nitrogens with one attached hydrogen (secondary N) is 1. The molecule has 0 spiro atoms. The smallest absolute Gasteiger partial charge is 0.124 e. The number of aliphatic hydroxyl groups excluding tert-OH is 1. The predicted octanol–water partition coefficient (Wildman–Crippen LogP) is 3.28. The second-order valence-corrected chi connectivity index (χ2v) is 6.22. The quantitative estimate of drug-likeness (QED) is 0.710. The summed E-state index contributed by atoms with van der Waals surface area (Å²) in [6.07, 6.45) is -0.519. The average Bonchev–Trinajstić information content (AvgIpc) is 2.43. The Labute approximate surface area is 136 Å². The van der Waals surface area contributed by atoms with Gasteiger partial charge in [0.1, 0.15) is 18.5 Å². The van der Waals surface area contributed by atoms with Crippen LogP contribution in [-0.4, -0.2) is 37.1 Å². The minimum atomic E-state index is -0.627. The molecule has 5 heteroatoms. The summed E-state index contributed by atoms with van der Waals surface area (Å²) in [6, 6.07) is 6.09. The van der Waals surface area contributed by atoms with Gasteiger partial charge in [0.05, 0.1) is 12.7 Å². The minimum Gasteiger partial charge on any atom is -0.490 e. The van der Waals surface area contributed by atoms with Gasteiger partial charge in [0.25, 0.3) is 0 Å². The molecule has 1 aromatic rings. The molecular weight excluding hydrogens is 334 g/mol. The fourth-order valence-corrected chi connectivity index (χ4v) is 2.32. The van der Waals surface area contributed by atoms with Crippen LogP contribution in [0.2, 0.25) is 0 Å². The Balaban J connectivity index is 2.65. The van der Waals surface area contributed by atoms with Crippen molar-refractivity contribution in [1.29, 1.82) is 0 Å². The third-order valence-corrected chi connectivity index (χ3v) is 3.50. The summed E-state index contributed by atoms with van der Waals surface area (Å²) in [7, 11) is 0. The second kappa shape index (κ2) is 9.41. The van der Waals surface area contributed by atoms with Crippen LogP contribution in [0.15, 0.2) is 22.7 Å². The molecule has 2 unspecified atom stereocenters. The SMILES string of the molecule is CCNC(C)c1cc(Br)ccc1OCC(O)COC(C)C. The van der Waals surface area contributed by atoms with Crippen LogP contribution in [-0.2, 0) is 4.74 Å². The maximum absolute atomic E-state index is 9.87. The lowest BCUT2D eigenvalue weighted by Crippen LogP contribution is -2.26. The second-order valence-electron chi connectivity index (χ2n) is 5.31. The Kier molecular flexibility index (Phi) is 8.26. The monoisotopic (exact) mass is 359 g/mol. The topological polar surface area (TPSA) is 50.7 Å². The van der Waals surface area contributed by atoms with Gasteiger partial charge in [0.15, 0.2) is 0 Å². The molecule has 2 N–H and O–H groups in total. The Hall–Kier alpha value is -0.620. The number of rotatable bonds is 9. The molecule has 0 bridgehead atoms. The van der Waals surface area contributed by atoms with E-state index in [2.05, 4.69) is 35.1 Å². The molecule has 0 aliphatic heterocycles. The first-order valence-electron chi connectivity index (χ1n) is 7.39. The fourth-order valence-electron chi connectivity index (χ4n) is 1.94. The highest BCUT2D eigenvalue weighted by molar-refractivity contribution is 9.10. The molecule has 21 heavy (non-hydrogen) atoms. The first-order valence-corrected chi connectivity index (χ1v) is 8.18. The number of benzene rings is 1. The van der Waals surface area contributed by atoms with Crippen LogP contribution in [0.1, 0.15) is 39.3 Å². The minimum absolute atomic E-state index is 0.108. The maximum Gasteiger partial charge on any atom is 0.124 e. The fraction of sp³-hybridized carbons (Fsp3) is 0.625. The molecule has 0 aliphatic carbocycles. The van der Waals surface area contributed by atoms with Crippen LogP contribution in [0.3, 0.4) is 0 Å².